The molecule has 1 aromatic carbocycles. The molecule has 2 aromatic rings. The Balaban J connectivity index is 0.00000320. The summed E-state index contributed by atoms with van der Waals surface area (Å²) in [6, 6.07) is 5.19. The van der Waals surface area contributed by atoms with Crippen LogP contribution in [-0.4, -0.2) is 60.6 Å². The molecule has 166 valence electrons. The zero-order chi connectivity index (χ0) is 20.6. The third kappa shape index (κ3) is 6.78. The van der Waals surface area contributed by atoms with E-state index in [1.54, 1.807) is 23.5 Å². The number of guanidine groups is 1. The van der Waals surface area contributed by atoms with Gasteiger partial charge in [-0.3, -0.25) is 4.90 Å². The molecule has 0 unspecified atom stereocenters. The molecule has 1 saturated heterocycles. The zero-order valence-corrected chi connectivity index (χ0v) is 21.0. The summed E-state index contributed by atoms with van der Waals surface area (Å²) in [7, 11) is 1.48. The van der Waals surface area contributed by atoms with Gasteiger partial charge in [0.25, 0.3) is 0 Å². The minimum absolute atomic E-state index is 0. The SMILES string of the molecule is CCNC(=NCc1ncc(CC)s1)N1CCN(Cc2ccc(OC)c(F)c2)CC1.I. The summed E-state index contributed by atoms with van der Waals surface area (Å²) in [5.41, 5.74) is 0.966. The van der Waals surface area contributed by atoms with Crippen LogP contribution in [0, 0.1) is 5.82 Å². The average molecular weight is 547 g/mol. The number of thiazole rings is 1. The predicted octanol–water partition coefficient (Wildman–Crippen LogP) is 3.75. The third-order valence-electron chi connectivity index (χ3n) is 4.94. The number of ether oxygens (including phenoxy) is 1. The second-order valence-electron chi connectivity index (χ2n) is 6.98. The van der Waals surface area contributed by atoms with Crippen LogP contribution in [0.4, 0.5) is 4.39 Å². The Labute approximate surface area is 199 Å². The molecule has 0 bridgehead atoms. The number of rotatable bonds is 7. The van der Waals surface area contributed by atoms with E-state index in [1.807, 2.05) is 12.3 Å². The van der Waals surface area contributed by atoms with Crippen LogP contribution in [0.3, 0.4) is 0 Å². The van der Waals surface area contributed by atoms with Gasteiger partial charge >= 0.3 is 0 Å². The standard InChI is InChI=1S/C21H30FN5OS.HI/c1-4-17-13-24-20(29-17)14-25-21(23-5-2)27-10-8-26(9-11-27)15-16-6-7-19(28-3)18(22)12-16;/h6-7,12-13H,4-5,8-11,14-15H2,1-3H3,(H,23,25);1H. The highest BCUT2D eigenvalue weighted by atomic mass is 127. The maximum absolute atomic E-state index is 13.9. The van der Waals surface area contributed by atoms with Crippen LogP contribution < -0.4 is 10.1 Å². The van der Waals surface area contributed by atoms with E-state index in [0.29, 0.717) is 6.54 Å². The van der Waals surface area contributed by atoms with Crippen molar-refractivity contribution in [2.75, 3.05) is 39.8 Å². The topological polar surface area (TPSA) is 53.0 Å². The fourth-order valence-electron chi connectivity index (χ4n) is 3.34. The first-order valence-electron chi connectivity index (χ1n) is 10.1. The Morgan fingerprint density at radius 3 is 2.63 bits per heavy atom. The molecule has 1 aliphatic heterocycles. The Bertz CT molecular complexity index is 823. The van der Waals surface area contributed by atoms with Gasteiger partial charge in [-0.1, -0.05) is 13.0 Å². The van der Waals surface area contributed by atoms with Crippen molar-refractivity contribution < 1.29 is 9.13 Å². The lowest BCUT2D eigenvalue weighted by Crippen LogP contribution is -2.52. The van der Waals surface area contributed by atoms with Gasteiger partial charge in [-0.2, -0.15) is 0 Å². The maximum Gasteiger partial charge on any atom is 0.194 e. The summed E-state index contributed by atoms with van der Waals surface area (Å²) >= 11 is 1.73. The number of aryl methyl sites for hydroxylation is 1. The van der Waals surface area contributed by atoms with Crippen molar-refractivity contribution in [3.05, 3.63) is 45.7 Å². The molecule has 0 saturated carbocycles. The van der Waals surface area contributed by atoms with E-state index in [-0.39, 0.29) is 35.5 Å². The van der Waals surface area contributed by atoms with E-state index in [9.17, 15) is 4.39 Å². The molecule has 1 N–H and O–H groups in total. The fourth-order valence-corrected chi connectivity index (χ4v) is 4.12. The molecule has 9 heteroatoms. The number of methoxy groups -OCH3 is 1. The van der Waals surface area contributed by atoms with Crippen molar-refractivity contribution >= 4 is 41.3 Å². The first-order valence-corrected chi connectivity index (χ1v) is 11.0. The molecule has 30 heavy (non-hydrogen) atoms. The maximum atomic E-state index is 13.9. The molecule has 1 fully saturated rings. The predicted molar refractivity (Wildman–Crippen MR) is 132 cm³/mol. The van der Waals surface area contributed by atoms with Crippen LogP contribution in [0.25, 0.3) is 0 Å². The molecule has 1 aromatic heterocycles. The lowest BCUT2D eigenvalue weighted by molar-refractivity contribution is 0.172. The number of benzene rings is 1. The molecule has 0 atom stereocenters. The minimum atomic E-state index is -0.307. The van der Waals surface area contributed by atoms with Crippen molar-refractivity contribution in [1.29, 1.82) is 0 Å². The van der Waals surface area contributed by atoms with Gasteiger partial charge < -0.3 is 15.0 Å². The molecule has 3 rings (SSSR count). The van der Waals surface area contributed by atoms with Gasteiger partial charge in [0.15, 0.2) is 17.5 Å². The van der Waals surface area contributed by atoms with Gasteiger partial charge in [0.05, 0.1) is 13.7 Å². The number of hydrogen-bond donors (Lipinski definition) is 1. The first kappa shape index (κ1) is 24.8. The second-order valence-corrected chi connectivity index (χ2v) is 8.18. The van der Waals surface area contributed by atoms with E-state index in [0.717, 1.165) is 62.2 Å². The largest absolute Gasteiger partial charge is 0.494 e. The van der Waals surface area contributed by atoms with Gasteiger partial charge in [0, 0.05) is 50.3 Å². The van der Waals surface area contributed by atoms with Crippen molar-refractivity contribution in [2.24, 2.45) is 4.99 Å². The monoisotopic (exact) mass is 547 g/mol. The van der Waals surface area contributed by atoms with Gasteiger partial charge in [-0.15, -0.1) is 35.3 Å². The Kier molecular flexibility index (Phi) is 10.3. The van der Waals surface area contributed by atoms with E-state index >= 15 is 0 Å². The molecule has 0 spiro atoms. The van der Waals surface area contributed by atoms with Crippen molar-refractivity contribution in [2.45, 2.75) is 33.4 Å². The number of piperazine rings is 1. The van der Waals surface area contributed by atoms with Crippen LogP contribution in [0.15, 0.2) is 29.4 Å². The highest BCUT2D eigenvalue weighted by Crippen LogP contribution is 2.19. The minimum Gasteiger partial charge on any atom is -0.494 e. The molecular formula is C21H31FIN5OS. The van der Waals surface area contributed by atoms with Crippen LogP contribution in [-0.2, 0) is 19.5 Å². The van der Waals surface area contributed by atoms with Crippen molar-refractivity contribution in [3.63, 3.8) is 0 Å². The zero-order valence-electron chi connectivity index (χ0n) is 17.9. The normalized spacial score (nSPS) is 15.1. The van der Waals surface area contributed by atoms with Crippen molar-refractivity contribution in [1.82, 2.24) is 20.1 Å². The van der Waals surface area contributed by atoms with E-state index in [4.69, 9.17) is 9.73 Å². The third-order valence-corrected chi connectivity index (χ3v) is 6.07. The summed E-state index contributed by atoms with van der Waals surface area (Å²) in [4.78, 5) is 15.2. The Morgan fingerprint density at radius 1 is 1.27 bits per heavy atom. The van der Waals surface area contributed by atoms with E-state index in [2.05, 4.69) is 33.9 Å². The number of halogens is 2. The molecule has 1 aliphatic rings. The van der Waals surface area contributed by atoms with Gasteiger partial charge in [-0.05, 0) is 31.0 Å². The van der Waals surface area contributed by atoms with E-state index < -0.39 is 0 Å². The molecular weight excluding hydrogens is 516 g/mol. The highest BCUT2D eigenvalue weighted by Gasteiger charge is 2.20. The second kappa shape index (κ2) is 12.4. The number of nitrogens with zero attached hydrogens (tertiary/aromatic N) is 4. The smallest absolute Gasteiger partial charge is 0.194 e. The lowest BCUT2D eigenvalue weighted by Gasteiger charge is -2.36. The lowest BCUT2D eigenvalue weighted by atomic mass is 10.2. The van der Waals surface area contributed by atoms with Crippen molar-refractivity contribution in [3.8, 4) is 5.75 Å². The highest BCUT2D eigenvalue weighted by molar-refractivity contribution is 14.0. The molecule has 0 amide bonds. The Morgan fingerprint density at radius 2 is 2.03 bits per heavy atom. The number of aliphatic imine (C=N–C) groups is 1. The summed E-state index contributed by atoms with van der Waals surface area (Å²) in [5.74, 6) is 0.922. The summed E-state index contributed by atoms with van der Waals surface area (Å²) < 4.78 is 18.9. The number of nitrogens with one attached hydrogen (secondary N) is 1. The van der Waals surface area contributed by atoms with Gasteiger partial charge in [0.2, 0.25) is 0 Å². The Hall–Kier alpha value is -1.46. The average Bonchev–Trinajstić information content (AvgIpc) is 3.20. The van der Waals surface area contributed by atoms with Gasteiger partial charge in [0.1, 0.15) is 5.01 Å². The summed E-state index contributed by atoms with van der Waals surface area (Å²) in [5, 5.41) is 4.45. The van der Waals surface area contributed by atoms with Crippen LogP contribution in [0.5, 0.6) is 5.75 Å². The summed E-state index contributed by atoms with van der Waals surface area (Å²) in [6.07, 6.45) is 2.96. The van der Waals surface area contributed by atoms with Crippen LogP contribution in [0.2, 0.25) is 0 Å². The fraction of sp³-hybridized carbons (Fsp3) is 0.524. The van der Waals surface area contributed by atoms with E-state index in [1.165, 1.54) is 12.0 Å². The molecule has 0 aliphatic carbocycles. The quantitative estimate of drug-likeness (QED) is 0.325. The van der Waals surface area contributed by atoms with Crippen LogP contribution >= 0.6 is 35.3 Å². The van der Waals surface area contributed by atoms with Gasteiger partial charge in [-0.25, -0.2) is 14.4 Å². The number of hydrogen-bond acceptors (Lipinski definition) is 5. The van der Waals surface area contributed by atoms with Crippen LogP contribution in [0.1, 0.15) is 29.3 Å². The first-order chi connectivity index (χ1) is 14.1. The molecule has 2 heterocycles. The number of aromatic nitrogens is 1. The molecule has 0 radical (unpaired) electrons. The summed E-state index contributed by atoms with van der Waals surface area (Å²) in [6.45, 7) is 10.0. The molecule has 6 nitrogen and oxygen atoms in total.